The van der Waals surface area contributed by atoms with Crippen LogP contribution >= 0.6 is 11.3 Å². The van der Waals surface area contributed by atoms with Crippen molar-refractivity contribution in [1.82, 2.24) is 15.0 Å². The summed E-state index contributed by atoms with van der Waals surface area (Å²) < 4.78 is 23.9. The van der Waals surface area contributed by atoms with Gasteiger partial charge in [-0.1, -0.05) is 25.9 Å². The first kappa shape index (κ1) is 26.3. The predicted octanol–water partition coefficient (Wildman–Crippen LogP) is 6.35. The molecule has 0 unspecified atom stereocenters. The highest BCUT2D eigenvalue weighted by atomic mass is 32.1. The minimum absolute atomic E-state index is 0.194. The van der Waals surface area contributed by atoms with Gasteiger partial charge in [-0.05, 0) is 42.5 Å². The van der Waals surface area contributed by atoms with E-state index in [0.717, 1.165) is 64.7 Å². The average molecular weight is 562 g/mol. The van der Waals surface area contributed by atoms with Crippen molar-refractivity contribution in [2.24, 2.45) is 0 Å². The number of amides is 2. The molecule has 5 aromatic rings. The first-order valence-electron chi connectivity index (χ1n) is 13.2. The number of hydrogen-bond donors (Lipinski definition) is 2. The highest BCUT2D eigenvalue weighted by molar-refractivity contribution is 7.25. The Morgan fingerprint density at radius 3 is 2.62 bits per heavy atom. The summed E-state index contributed by atoms with van der Waals surface area (Å²) in [5, 5.41) is 10.4. The molecular weight excluding hydrogens is 530 g/mol. The van der Waals surface area contributed by atoms with Gasteiger partial charge < -0.3 is 23.7 Å². The second-order valence-electron chi connectivity index (χ2n) is 10.7. The molecule has 0 saturated carbocycles. The van der Waals surface area contributed by atoms with Crippen molar-refractivity contribution in [1.29, 1.82) is 0 Å². The van der Waals surface area contributed by atoms with Crippen LogP contribution in [0.5, 0.6) is 5.75 Å². The zero-order valence-corrected chi connectivity index (χ0v) is 23.5. The highest BCUT2D eigenvalue weighted by Crippen LogP contribution is 2.38. The Kier molecular flexibility index (Phi) is 7.18. The van der Waals surface area contributed by atoms with E-state index in [1.807, 2.05) is 51.1 Å². The Balaban J connectivity index is 1.08. The van der Waals surface area contributed by atoms with E-state index in [2.05, 4.69) is 20.7 Å². The van der Waals surface area contributed by atoms with Gasteiger partial charge in [-0.25, -0.2) is 4.79 Å². The maximum Gasteiger partial charge on any atom is 0.324 e. The molecule has 0 radical (unpaired) electrons. The molecule has 3 aromatic heterocycles. The number of morpholine rings is 1. The molecule has 0 atom stereocenters. The average Bonchev–Trinajstić information content (AvgIpc) is 3.64. The minimum Gasteiger partial charge on any atom is -0.492 e. The van der Waals surface area contributed by atoms with Gasteiger partial charge >= 0.3 is 6.03 Å². The van der Waals surface area contributed by atoms with Crippen molar-refractivity contribution in [3.05, 3.63) is 54.3 Å². The van der Waals surface area contributed by atoms with E-state index in [1.165, 1.54) is 0 Å². The number of nitrogens with zero attached hydrogens (tertiary/aromatic N) is 3. The molecule has 10 nitrogen and oxygen atoms in total. The molecule has 1 aliphatic rings. The Morgan fingerprint density at radius 1 is 1.07 bits per heavy atom. The summed E-state index contributed by atoms with van der Waals surface area (Å²) in [6.45, 7) is 11.0. The van der Waals surface area contributed by atoms with Gasteiger partial charge in [-0.15, -0.1) is 11.3 Å². The predicted molar refractivity (Wildman–Crippen MR) is 155 cm³/mol. The zero-order valence-electron chi connectivity index (χ0n) is 22.7. The van der Waals surface area contributed by atoms with Crippen molar-refractivity contribution >= 4 is 49.4 Å². The fourth-order valence-electron chi connectivity index (χ4n) is 4.42. The maximum absolute atomic E-state index is 12.4. The largest absolute Gasteiger partial charge is 0.492 e. The quantitative estimate of drug-likeness (QED) is 0.236. The minimum atomic E-state index is -0.408. The maximum atomic E-state index is 12.4. The van der Waals surface area contributed by atoms with Crippen molar-refractivity contribution in [3.63, 3.8) is 0 Å². The molecule has 4 heterocycles. The molecule has 2 aromatic carbocycles. The smallest absolute Gasteiger partial charge is 0.324 e. The third-order valence-corrected chi connectivity index (χ3v) is 7.69. The second kappa shape index (κ2) is 10.9. The number of fused-ring (bicyclic) bond motifs is 3. The molecule has 0 aliphatic carbocycles. The number of thiophene rings is 1. The summed E-state index contributed by atoms with van der Waals surface area (Å²) in [5.74, 6) is 2.43. The Bertz CT molecular complexity index is 1630. The van der Waals surface area contributed by atoms with E-state index in [-0.39, 0.29) is 5.41 Å². The van der Waals surface area contributed by atoms with E-state index < -0.39 is 6.03 Å². The third kappa shape index (κ3) is 5.81. The van der Waals surface area contributed by atoms with Crippen LogP contribution in [0.25, 0.3) is 32.0 Å². The van der Waals surface area contributed by atoms with E-state index >= 15 is 0 Å². The third-order valence-electron chi connectivity index (χ3n) is 6.66. The van der Waals surface area contributed by atoms with Gasteiger partial charge in [0.05, 0.1) is 13.2 Å². The van der Waals surface area contributed by atoms with Gasteiger partial charge in [-0.3, -0.25) is 10.2 Å². The molecule has 2 N–H and O–H groups in total. The first-order chi connectivity index (χ1) is 19.3. The number of ether oxygens (including phenoxy) is 2. The van der Waals surface area contributed by atoms with E-state index in [0.29, 0.717) is 29.8 Å². The van der Waals surface area contributed by atoms with Gasteiger partial charge in [0.2, 0.25) is 5.89 Å². The van der Waals surface area contributed by atoms with Crippen LogP contribution in [0.2, 0.25) is 0 Å². The van der Waals surface area contributed by atoms with E-state index in [9.17, 15) is 4.79 Å². The summed E-state index contributed by atoms with van der Waals surface area (Å²) in [4.78, 5) is 20.3. The lowest BCUT2D eigenvalue weighted by Crippen LogP contribution is -2.38. The van der Waals surface area contributed by atoms with Gasteiger partial charge in [0, 0.05) is 52.5 Å². The molecule has 1 fully saturated rings. The number of benzene rings is 2. The molecule has 208 valence electrons. The van der Waals surface area contributed by atoms with Gasteiger partial charge in [0.15, 0.2) is 16.2 Å². The van der Waals surface area contributed by atoms with Crippen LogP contribution in [0.3, 0.4) is 0 Å². The second-order valence-corrected chi connectivity index (χ2v) is 11.7. The molecule has 40 heavy (non-hydrogen) atoms. The fourth-order valence-corrected chi connectivity index (χ4v) is 5.44. The zero-order chi connectivity index (χ0) is 27.7. The molecule has 0 spiro atoms. The van der Waals surface area contributed by atoms with Gasteiger partial charge in [-0.2, -0.15) is 4.98 Å². The van der Waals surface area contributed by atoms with Crippen LogP contribution in [0, 0.1) is 0 Å². The molecule has 0 bridgehead atoms. The van der Waals surface area contributed by atoms with Crippen LogP contribution in [0.4, 0.5) is 16.3 Å². The SMILES string of the molecule is CC(C)(C)c1cc(NC(=O)Nc2ccc(-c3nc4sc5cc(OCCN6CCOCC6)ccc5c4o3)cc2)no1. The van der Waals surface area contributed by atoms with Crippen LogP contribution < -0.4 is 15.4 Å². The Hall–Kier alpha value is -3.93. The molecule has 2 amide bonds. The summed E-state index contributed by atoms with van der Waals surface area (Å²) in [7, 11) is 0. The standard InChI is InChI=1S/C29H31N5O5S/c1-29(2,3)23-17-24(33-39-23)31-28(35)30-19-6-4-18(5-7-19)26-32-27-25(38-26)21-9-8-20(16-22(21)40-27)37-15-12-34-10-13-36-14-11-34/h4-9,16-17H,10-15H2,1-3H3,(H2,30,31,33,35). The number of carbonyl (C=O) groups is 1. The van der Waals surface area contributed by atoms with Gasteiger partial charge in [0.25, 0.3) is 0 Å². The summed E-state index contributed by atoms with van der Waals surface area (Å²) in [6.07, 6.45) is 0. The highest BCUT2D eigenvalue weighted by Gasteiger charge is 2.20. The van der Waals surface area contributed by atoms with Crippen molar-refractivity contribution < 1.29 is 23.2 Å². The van der Waals surface area contributed by atoms with Crippen LogP contribution in [-0.4, -0.2) is 60.5 Å². The lowest BCUT2D eigenvalue weighted by atomic mass is 9.93. The number of aromatic nitrogens is 2. The van der Waals surface area contributed by atoms with Crippen molar-refractivity contribution in [2.75, 3.05) is 50.1 Å². The van der Waals surface area contributed by atoms with Crippen LogP contribution in [-0.2, 0) is 10.2 Å². The fraction of sp³-hybridized carbons (Fsp3) is 0.345. The number of oxazole rings is 1. The molecule has 11 heteroatoms. The number of anilines is 2. The van der Waals surface area contributed by atoms with Crippen molar-refractivity contribution in [3.8, 4) is 17.2 Å². The lowest BCUT2D eigenvalue weighted by molar-refractivity contribution is 0.0322. The summed E-state index contributed by atoms with van der Waals surface area (Å²) in [6, 6.07) is 14.7. The molecule has 6 rings (SSSR count). The van der Waals surface area contributed by atoms with Crippen LogP contribution in [0.1, 0.15) is 26.5 Å². The molecule has 1 aliphatic heterocycles. The number of hydrogen-bond acceptors (Lipinski definition) is 9. The summed E-state index contributed by atoms with van der Waals surface area (Å²) >= 11 is 1.58. The first-order valence-corrected chi connectivity index (χ1v) is 14.1. The topological polar surface area (TPSA) is 115 Å². The van der Waals surface area contributed by atoms with Crippen LogP contribution in [0.15, 0.2) is 57.5 Å². The molecule has 1 saturated heterocycles. The van der Waals surface area contributed by atoms with Gasteiger partial charge in [0.1, 0.15) is 18.1 Å². The Morgan fingerprint density at radius 2 is 1.88 bits per heavy atom. The Labute approximate surface area is 235 Å². The number of rotatable bonds is 7. The van der Waals surface area contributed by atoms with E-state index in [4.69, 9.17) is 23.4 Å². The summed E-state index contributed by atoms with van der Waals surface area (Å²) in [5.41, 5.74) is 2.01. The molecular formula is C29H31N5O5S. The number of carbonyl (C=O) groups excluding carboxylic acids is 1. The van der Waals surface area contributed by atoms with E-state index in [1.54, 1.807) is 29.5 Å². The van der Waals surface area contributed by atoms with Crippen molar-refractivity contribution in [2.45, 2.75) is 26.2 Å². The lowest BCUT2D eigenvalue weighted by Gasteiger charge is -2.26. The number of urea groups is 1. The normalized spacial score (nSPS) is 14.6. The monoisotopic (exact) mass is 561 g/mol. The number of nitrogens with one attached hydrogen (secondary N) is 2.